The van der Waals surface area contributed by atoms with E-state index in [1.165, 1.54) is 19.3 Å². The lowest BCUT2D eigenvalue weighted by molar-refractivity contribution is -0.0286. The summed E-state index contributed by atoms with van der Waals surface area (Å²) < 4.78 is 5.99. The molecule has 0 radical (unpaired) electrons. The predicted molar refractivity (Wildman–Crippen MR) is 65.9 cm³/mol. The second-order valence-corrected chi connectivity index (χ2v) is 5.63. The molecule has 0 amide bonds. The van der Waals surface area contributed by atoms with Gasteiger partial charge in [0.2, 0.25) is 0 Å². The van der Waals surface area contributed by atoms with Gasteiger partial charge in [-0.15, -0.1) is 0 Å². The molecule has 1 heteroatoms. The number of hydrogen-bond acceptors (Lipinski definition) is 1. The van der Waals surface area contributed by atoms with Gasteiger partial charge in [0.25, 0.3) is 0 Å². The summed E-state index contributed by atoms with van der Waals surface area (Å²) in [7, 11) is 0. The third-order valence-corrected chi connectivity index (χ3v) is 3.51. The minimum atomic E-state index is 0.463. The Kier molecular flexibility index (Phi) is 4.85. The molecule has 1 aliphatic rings. The Morgan fingerprint density at radius 1 is 1.40 bits per heavy atom. The van der Waals surface area contributed by atoms with Crippen molar-refractivity contribution in [1.82, 2.24) is 0 Å². The largest absolute Gasteiger partial charge is 0.374 e. The average Bonchev–Trinajstić information content (AvgIpc) is 2.14. The van der Waals surface area contributed by atoms with Crippen molar-refractivity contribution in [3.8, 4) is 0 Å². The van der Waals surface area contributed by atoms with Crippen LogP contribution in [-0.4, -0.2) is 12.7 Å². The van der Waals surface area contributed by atoms with Crippen LogP contribution in [0.1, 0.15) is 47.0 Å². The van der Waals surface area contributed by atoms with Crippen LogP contribution < -0.4 is 0 Å². The first-order valence-corrected chi connectivity index (χ1v) is 6.26. The summed E-state index contributed by atoms with van der Waals surface area (Å²) in [6.07, 6.45) is 4.40. The molecule has 1 saturated carbocycles. The monoisotopic (exact) mass is 210 g/mol. The fourth-order valence-electron chi connectivity index (χ4n) is 2.56. The highest BCUT2D eigenvalue weighted by molar-refractivity contribution is 4.89. The van der Waals surface area contributed by atoms with E-state index in [-0.39, 0.29) is 0 Å². The lowest BCUT2D eigenvalue weighted by Crippen LogP contribution is -2.34. The maximum absolute atomic E-state index is 5.99. The van der Waals surface area contributed by atoms with Crippen molar-refractivity contribution < 1.29 is 4.74 Å². The molecule has 0 bridgehead atoms. The van der Waals surface area contributed by atoms with Gasteiger partial charge in [0.1, 0.15) is 0 Å². The summed E-state index contributed by atoms with van der Waals surface area (Å²) in [5, 5.41) is 0. The highest BCUT2D eigenvalue weighted by Crippen LogP contribution is 2.35. The van der Waals surface area contributed by atoms with Crippen LogP contribution in [0.5, 0.6) is 0 Å². The van der Waals surface area contributed by atoms with Gasteiger partial charge in [0.05, 0.1) is 12.7 Å². The van der Waals surface area contributed by atoms with Crippen molar-refractivity contribution in [3.63, 3.8) is 0 Å². The van der Waals surface area contributed by atoms with E-state index in [4.69, 9.17) is 4.74 Å². The van der Waals surface area contributed by atoms with Crippen LogP contribution >= 0.6 is 0 Å². The molecule has 0 spiro atoms. The molecule has 0 unspecified atom stereocenters. The smallest absolute Gasteiger partial charge is 0.0675 e. The Labute approximate surface area is 94.9 Å². The number of hydrogen-bond donors (Lipinski definition) is 0. The zero-order valence-electron chi connectivity index (χ0n) is 10.8. The molecule has 88 valence electrons. The van der Waals surface area contributed by atoms with Gasteiger partial charge >= 0.3 is 0 Å². The van der Waals surface area contributed by atoms with Gasteiger partial charge < -0.3 is 4.74 Å². The molecule has 1 nitrogen and oxygen atoms in total. The third kappa shape index (κ3) is 3.98. The second kappa shape index (κ2) is 5.69. The van der Waals surface area contributed by atoms with Crippen molar-refractivity contribution in [2.75, 3.05) is 6.61 Å². The van der Waals surface area contributed by atoms with E-state index in [0.717, 1.165) is 29.9 Å². The molecule has 0 aromatic heterocycles. The molecule has 3 atom stereocenters. The summed E-state index contributed by atoms with van der Waals surface area (Å²) in [4.78, 5) is 0. The predicted octanol–water partition coefficient (Wildman–Crippen LogP) is 4.04. The normalized spacial score (nSPS) is 31.9. The van der Waals surface area contributed by atoms with E-state index < -0.39 is 0 Å². The van der Waals surface area contributed by atoms with Crippen LogP contribution in [0.25, 0.3) is 0 Å². The van der Waals surface area contributed by atoms with Gasteiger partial charge in [-0.25, -0.2) is 0 Å². The first-order chi connectivity index (χ1) is 7.00. The summed E-state index contributed by atoms with van der Waals surface area (Å²) in [5.41, 5.74) is 1.13. The Bertz CT molecular complexity index is 207. The van der Waals surface area contributed by atoms with Crippen LogP contribution in [0.15, 0.2) is 12.2 Å². The maximum atomic E-state index is 5.99. The van der Waals surface area contributed by atoms with Crippen molar-refractivity contribution in [2.24, 2.45) is 17.8 Å². The van der Waals surface area contributed by atoms with E-state index >= 15 is 0 Å². The van der Waals surface area contributed by atoms with Crippen LogP contribution in [0.2, 0.25) is 0 Å². The average molecular weight is 210 g/mol. The Balaban J connectivity index is 2.50. The summed E-state index contributed by atoms with van der Waals surface area (Å²) in [5.74, 6) is 2.32. The topological polar surface area (TPSA) is 9.23 Å². The molecule has 15 heavy (non-hydrogen) atoms. The Morgan fingerprint density at radius 3 is 2.60 bits per heavy atom. The molecule has 0 aromatic carbocycles. The number of rotatable bonds is 4. The van der Waals surface area contributed by atoms with Gasteiger partial charge in [0.15, 0.2) is 0 Å². The molecular weight excluding hydrogens is 184 g/mol. The van der Waals surface area contributed by atoms with Crippen LogP contribution in [0, 0.1) is 17.8 Å². The summed E-state index contributed by atoms with van der Waals surface area (Å²) >= 11 is 0. The molecule has 1 rings (SSSR count). The van der Waals surface area contributed by atoms with E-state index in [1.807, 2.05) is 6.92 Å². The molecule has 0 aromatic rings. The summed E-state index contributed by atoms with van der Waals surface area (Å²) in [6.45, 7) is 13.7. The third-order valence-electron chi connectivity index (χ3n) is 3.51. The quantitative estimate of drug-likeness (QED) is 0.636. The van der Waals surface area contributed by atoms with Gasteiger partial charge in [0, 0.05) is 0 Å². The van der Waals surface area contributed by atoms with Crippen molar-refractivity contribution in [1.29, 1.82) is 0 Å². The molecule has 1 fully saturated rings. The van der Waals surface area contributed by atoms with E-state index in [9.17, 15) is 0 Å². The first-order valence-electron chi connectivity index (χ1n) is 6.26. The van der Waals surface area contributed by atoms with Gasteiger partial charge in [-0.1, -0.05) is 39.3 Å². The lowest BCUT2D eigenvalue weighted by atomic mass is 9.75. The fourth-order valence-corrected chi connectivity index (χ4v) is 2.56. The van der Waals surface area contributed by atoms with Gasteiger partial charge in [-0.3, -0.25) is 0 Å². The highest BCUT2D eigenvalue weighted by atomic mass is 16.5. The zero-order chi connectivity index (χ0) is 11.4. The Hall–Kier alpha value is -0.300. The lowest BCUT2D eigenvalue weighted by Gasteiger charge is -2.37. The van der Waals surface area contributed by atoms with Crippen LogP contribution in [-0.2, 0) is 4.74 Å². The second-order valence-electron chi connectivity index (χ2n) is 5.63. The fraction of sp³-hybridized carbons (Fsp3) is 0.857. The maximum Gasteiger partial charge on any atom is 0.0675 e. The van der Waals surface area contributed by atoms with Crippen molar-refractivity contribution in [2.45, 2.75) is 53.1 Å². The van der Waals surface area contributed by atoms with Gasteiger partial charge in [-0.2, -0.15) is 0 Å². The molecular formula is C14H26O. The van der Waals surface area contributed by atoms with E-state index in [0.29, 0.717) is 6.10 Å². The first kappa shape index (κ1) is 12.8. The molecule has 0 aliphatic heterocycles. The van der Waals surface area contributed by atoms with Crippen molar-refractivity contribution >= 4 is 0 Å². The van der Waals surface area contributed by atoms with Gasteiger partial charge in [-0.05, 0) is 37.5 Å². The van der Waals surface area contributed by atoms with Crippen LogP contribution in [0.3, 0.4) is 0 Å². The standard InChI is InChI=1S/C14H26O/c1-10(2)9-15-14-8-12(5)6-7-13(14)11(3)4/h11-14H,1,6-9H2,2-5H3/t12-,13+,14-/m1/s1. The van der Waals surface area contributed by atoms with Crippen LogP contribution in [0.4, 0.5) is 0 Å². The molecule has 1 aliphatic carbocycles. The van der Waals surface area contributed by atoms with E-state index in [2.05, 4.69) is 27.4 Å². The molecule has 0 N–H and O–H groups in total. The SMILES string of the molecule is C=C(C)CO[C@@H]1C[C@H](C)CC[C@H]1C(C)C. The van der Waals surface area contributed by atoms with E-state index in [1.54, 1.807) is 0 Å². The summed E-state index contributed by atoms with van der Waals surface area (Å²) in [6, 6.07) is 0. The van der Waals surface area contributed by atoms with Crippen molar-refractivity contribution in [3.05, 3.63) is 12.2 Å². The zero-order valence-corrected chi connectivity index (χ0v) is 10.8. The minimum Gasteiger partial charge on any atom is -0.374 e. The highest BCUT2D eigenvalue weighted by Gasteiger charge is 2.31. The Morgan fingerprint density at radius 2 is 2.07 bits per heavy atom. The molecule has 0 saturated heterocycles. The minimum absolute atomic E-state index is 0.463. The molecule has 0 heterocycles. The number of ether oxygens (including phenoxy) is 1.